The van der Waals surface area contributed by atoms with Gasteiger partial charge in [-0.15, -0.1) is 10.2 Å². The lowest BCUT2D eigenvalue weighted by Crippen LogP contribution is -2.50. The highest BCUT2D eigenvalue weighted by Gasteiger charge is 2.19. The van der Waals surface area contributed by atoms with Gasteiger partial charge in [-0.05, 0) is 31.2 Å². The molecule has 3 heterocycles. The predicted octanol–water partition coefficient (Wildman–Crippen LogP) is 1.27. The molecular formula is C13H17N5. The van der Waals surface area contributed by atoms with Crippen molar-refractivity contribution in [3.8, 4) is 11.4 Å². The third-order valence-electron chi connectivity index (χ3n) is 3.32. The largest absolute Gasteiger partial charge is 0.360 e. The van der Waals surface area contributed by atoms with Crippen molar-refractivity contribution in [1.29, 1.82) is 0 Å². The Bertz CT molecular complexity index is 491. The second kappa shape index (κ2) is 4.78. The minimum Gasteiger partial charge on any atom is -0.360 e. The Hall–Kier alpha value is -1.88. The molecule has 1 saturated heterocycles. The Balaban J connectivity index is 1.82. The van der Waals surface area contributed by atoms with E-state index >= 15 is 0 Å². The van der Waals surface area contributed by atoms with Crippen molar-refractivity contribution < 1.29 is 0 Å². The summed E-state index contributed by atoms with van der Waals surface area (Å²) in [5.74, 6) is 0.958. The van der Waals surface area contributed by atoms with E-state index in [0.29, 0.717) is 6.04 Å². The first-order valence-corrected chi connectivity index (χ1v) is 6.29. The maximum absolute atomic E-state index is 4.34. The Kier molecular flexibility index (Phi) is 2.98. The van der Waals surface area contributed by atoms with Crippen LogP contribution in [0.1, 0.15) is 6.92 Å². The van der Waals surface area contributed by atoms with Crippen LogP contribution in [0.5, 0.6) is 0 Å². The van der Waals surface area contributed by atoms with Crippen molar-refractivity contribution in [3.05, 3.63) is 30.5 Å². The predicted molar refractivity (Wildman–Crippen MR) is 71.5 cm³/mol. The molecule has 0 saturated carbocycles. The average molecular weight is 243 g/mol. The average Bonchev–Trinajstić information content (AvgIpc) is 2.94. The van der Waals surface area contributed by atoms with E-state index in [-0.39, 0.29) is 0 Å². The lowest BCUT2D eigenvalue weighted by Gasteiger charge is -2.34. The molecule has 2 aromatic rings. The topological polar surface area (TPSA) is 56.8 Å². The van der Waals surface area contributed by atoms with Gasteiger partial charge in [0.1, 0.15) is 5.69 Å². The van der Waals surface area contributed by atoms with Crippen LogP contribution in [0.25, 0.3) is 11.4 Å². The summed E-state index contributed by atoms with van der Waals surface area (Å²) < 4.78 is 0. The number of anilines is 1. The smallest absolute Gasteiger partial charge is 0.151 e. The van der Waals surface area contributed by atoms with Crippen LogP contribution in [0.4, 0.5) is 5.82 Å². The first-order valence-electron chi connectivity index (χ1n) is 6.29. The van der Waals surface area contributed by atoms with Crippen molar-refractivity contribution >= 4 is 5.82 Å². The molecule has 18 heavy (non-hydrogen) atoms. The minimum atomic E-state index is 0.462. The zero-order valence-corrected chi connectivity index (χ0v) is 10.4. The van der Waals surface area contributed by atoms with Gasteiger partial charge >= 0.3 is 0 Å². The molecule has 0 aromatic carbocycles. The molecule has 5 nitrogen and oxygen atoms in total. The summed E-state index contributed by atoms with van der Waals surface area (Å²) in [6.07, 6.45) is 1.89. The highest BCUT2D eigenvalue weighted by atomic mass is 15.3. The Morgan fingerprint density at radius 2 is 2.22 bits per heavy atom. The first-order chi connectivity index (χ1) is 8.84. The molecule has 1 unspecified atom stereocenters. The number of nitrogens with one attached hydrogen (secondary N) is 2. The number of H-pyrrole nitrogens is 1. The van der Waals surface area contributed by atoms with E-state index in [9.17, 15) is 0 Å². The number of hydrogen-bond donors (Lipinski definition) is 2. The van der Waals surface area contributed by atoms with Crippen molar-refractivity contribution in [3.63, 3.8) is 0 Å². The van der Waals surface area contributed by atoms with Gasteiger partial charge in [-0.3, -0.25) is 0 Å². The van der Waals surface area contributed by atoms with Crippen molar-refractivity contribution in [2.45, 2.75) is 13.0 Å². The van der Waals surface area contributed by atoms with Gasteiger partial charge in [0.2, 0.25) is 0 Å². The number of aromatic amines is 1. The first kappa shape index (κ1) is 11.2. The van der Waals surface area contributed by atoms with Crippen LogP contribution in [0.3, 0.4) is 0 Å². The molecule has 0 spiro atoms. The summed E-state index contributed by atoms with van der Waals surface area (Å²) in [5.41, 5.74) is 1.88. The molecule has 2 N–H and O–H groups in total. The van der Waals surface area contributed by atoms with Crippen LogP contribution in [0, 0.1) is 0 Å². The van der Waals surface area contributed by atoms with Crippen LogP contribution < -0.4 is 10.2 Å². The maximum Gasteiger partial charge on any atom is 0.151 e. The van der Waals surface area contributed by atoms with E-state index in [2.05, 4.69) is 32.3 Å². The van der Waals surface area contributed by atoms with Gasteiger partial charge in [-0.25, -0.2) is 0 Å². The summed E-state index contributed by atoms with van der Waals surface area (Å²) in [6, 6.07) is 8.48. The van der Waals surface area contributed by atoms with Gasteiger partial charge < -0.3 is 15.2 Å². The second-order valence-electron chi connectivity index (χ2n) is 4.61. The number of hydrogen-bond acceptors (Lipinski definition) is 4. The van der Waals surface area contributed by atoms with E-state index in [1.165, 1.54) is 0 Å². The molecule has 0 bridgehead atoms. The van der Waals surface area contributed by atoms with Crippen LogP contribution in [-0.2, 0) is 0 Å². The van der Waals surface area contributed by atoms with E-state index < -0.39 is 0 Å². The Morgan fingerprint density at radius 1 is 1.28 bits per heavy atom. The number of nitrogens with zero attached hydrogens (tertiary/aromatic N) is 3. The highest BCUT2D eigenvalue weighted by molar-refractivity contribution is 5.55. The molecule has 0 amide bonds. The maximum atomic E-state index is 4.34. The molecule has 0 aliphatic carbocycles. The molecule has 2 aromatic heterocycles. The highest BCUT2D eigenvalue weighted by Crippen LogP contribution is 2.18. The lowest BCUT2D eigenvalue weighted by molar-refractivity contribution is 0.495. The standard InChI is InChI=1S/C13H17N5/c1-10-9-14-7-8-18(10)13-5-4-12(16-17-13)11-3-2-6-15-11/h2-6,10,14-15H,7-9H2,1H3. The molecule has 94 valence electrons. The fourth-order valence-electron chi connectivity index (χ4n) is 2.29. The molecular weight excluding hydrogens is 226 g/mol. The van der Waals surface area contributed by atoms with Crippen LogP contribution in [-0.4, -0.2) is 40.9 Å². The summed E-state index contributed by atoms with van der Waals surface area (Å²) in [5, 5.41) is 12.0. The van der Waals surface area contributed by atoms with Gasteiger partial charge in [0.15, 0.2) is 5.82 Å². The third kappa shape index (κ3) is 2.09. The van der Waals surface area contributed by atoms with Crippen LogP contribution in [0.2, 0.25) is 0 Å². The van der Waals surface area contributed by atoms with Crippen LogP contribution in [0.15, 0.2) is 30.5 Å². The van der Waals surface area contributed by atoms with Crippen molar-refractivity contribution in [2.75, 3.05) is 24.5 Å². The fourth-order valence-corrected chi connectivity index (χ4v) is 2.29. The van der Waals surface area contributed by atoms with E-state index in [1.807, 2.05) is 30.5 Å². The van der Waals surface area contributed by atoms with E-state index in [0.717, 1.165) is 36.8 Å². The number of rotatable bonds is 2. The summed E-state index contributed by atoms with van der Waals surface area (Å²) in [4.78, 5) is 5.43. The molecule has 1 atom stereocenters. The van der Waals surface area contributed by atoms with E-state index in [1.54, 1.807) is 0 Å². The van der Waals surface area contributed by atoms with Crippen molar-refractivity contribution in [2.24, 2.45) is 0 Å². The second-order valence-corrected chi connectivity index (χ2v) is 4.61. The molecule has 1 fully saturated rings. The summed E-state index contributed by atoms with van der Waals surface area (Å²) in [6.45, 7) is 5.19. The number of aromatic nitrogens is 3. The van der Waals surface area contributed by atoms with Crippen molar-refractivity contribution in [1.82, 2.24) is 20.5 Å². The van der Waals surface area contributed by atoms with E-state index in [4.69, 9.17) is 0 Å². The van der Waals surface area contributed by atoms with Gasteiger partial charge in [-0.2, -0.15) is 0 Å². The molecule has 0 radical (unpaired) electrons. The zero-order chi connectivity index (χ0) is 12.4. The van der Waals surface area contributed by atoms with Gasteiger partial charge in [-0.1, -0.05) is 0 Å². The van der Waals surface area contributed by atoms with Gasteiger partial charge in [0.25, 0.3) is 0 Å². The van der Waals surface area contributed by atoms with Crippen LogP contribution >= 0.6 is 0 Å². The quantitative estimate of drug-likeness (QED) is 0.834. The zero-order valence-electron chi connectivity index (χ0n) is 10.4. The van der Waals surface area contributed by atoms with Gasteiger partial charge in [0.05, 0.1) is 5.69 Å². The molecule has 1 aliphatic heterocycles. The minimum absolute atomic E-state index is 0.462. The third-order valence-corrected chi connectivity index (χ3v) is 3.32. The monoisotopic (exact) mass is 243 g/mol. The molecule has 5 heteroatoms. The Labute approximate surface area is 106 Å². The number of piperazine rings is 1. The Morgan fingerprint density at radius 3 is 2.89 bits per heavy atom. The summed E-state index contributed by atoms with van der Waals surface area (Å²) in [7, 11) is 0. The molecule has 1 aliphatic rings. The summed E-state index contributed by atoms with van der Waals surface area (Å²) >= 11 is 0. The van der Waals surface area contributed by atoms with Gasteiger partial charge in [0, 0.05) is 31.9 Å². The normalized spacial score (nSPS) is 20.1. The molecule has 3 rings (SSSR count). The lowest BCUT2D eigenvalue weighted by atomic mass is 10.2. The SMILES string of the molecule is CC1CNCCN1c1ccc(-c2ccc[nH]2)nn1. The fraction of sp³-hybridized carbons (Fsp3) is 0.385.